The molecule has 1 aromatic carbocycles. The summed E-state index contributed by atoms with van der Waals surface area (Å²) >= 11 is 0. The zero-order chi connectivity index (χ0) is 15.8. The first kappa shape index (κ1) is 17.3. The van der Waals surface area contributed by atoms with Crippen molar-refractivity contribution in [2.45, 2.75) is 32.9 Å². The maximum absolute atomic E-state index is 12.2. The van der Waals surface area contributed by atoms with Crippen LogP contribution in [0.3, 0.4) is 0 Å². The molecule has 0 fully saturated rings. The molecule has 1 unspecified atom stereocenters. The number of nitrogens with one attached hydrogen (secondary N) is 1. The lowest BCUT2D eigenvalue weighted by Gasteiger charge is -2.24. The Bertz CT molecular complexity index is 463. The fourth-order valence-corrected chi connectivity index (χ4v) is 2.22. The van der Waals surface area contributed by atoms with Gasteiger partial charge in [-0.1, -0.05) is 19.9 Å². The maximum Gasteiger partial charge on any atom is 0.237 e. The molecule has 0 bridgehead atoms. The monoisotopic (exact) mass is 294 g/mol. The highest BCUT2D eigenvalue weighted by atomic mass is 16.5. The van der Waals surface area contributed by atoms with E-state index >= 15 is 0 Å². The van der Waals surface area contributed by atoms with Gasteiger partial charge < -0.3 is 14.8 Å². The normalized spacial score (nSPS) is 12.1. The average molecular weight is 294 g/mol. The first-order valence-corrected chi connectivity index (χ1v) is 7.26. The molecule has 0 saturated heterocycles. The molecular weight excluding hydrogens is 268 g/mol. The molecule has 0 heterocycles. The van der Waals surface area contributed by atoms with Crippen LogP contribution in [0.15, 0.2) is 18.2 Å². The van der Waals surface area contributed by atoms with E-state index in [1.54, 1.807) is 14.2 Å². The fourth-order valence-electron chi connectivity index (χ4n) is 2.22. The van der Waals surface area contributed by atoms with Crippen LogP contribution in [0, 0.1) is 0 Å². The maximum atomic E-state index is 12.2. The van der Waals surface area contributed by atoms with Gasteiger partial charge in [0.25, 0.3) is 0 Å². The number of hydrogen-bond acceptors (Lipinski definition) is 4. The third kappa shape index (κ3) is 4.63. The molecule has 0 aliphatic carbocycles. The first-order valence-electron chi connectivity index (χ1n) is 7.26. The largest absolute Gasteiger partial charge is 0.493 e. The van der Waals surface area contributed by atoms with Crippen LogP contribution in [-0.2, 0) is 11.3 Å². The molecule has 1 N–H and O–H groups in total. The van der Waals surface area contributed by atoms with Gasteiger partial charge in [-0.2, -0.15) is 0 Å². The summed E-state index contributed by atoms with van der Waals surface area (Å²) in [4.78, 5) is 14.3. The molecule has 5 nitrogen and oxygen atoms in total. The average Bonchev–Trinajstić information content (AvgIpc) is 2.52. The van der Waals surface area contributed by atoms with Crippen molar-refractivity contribution < 1.29 is 14.3 Å². The Kier molecular flexibility index (Phi) is 7.02. The summed E-state index contributed by atoms with van der Waals surface area (Å²) in [5.74, 6) is 1.41. The smallest absolute Gasteiger partial charge is 0.237 e. The fraction of sp³-hybridized carbons (Fsp3) is 0.562. The van der Waals surface area contributed by atoms with Crippen molar-refractivity contribution in [2.24, 2.45) is 0 Å². The van der Waals surface area contributed by atoms with Crippen molar-refractivity contribution in [3.05, 3.63) is 23.8 Å². The van der Waals surface area contributed by atoms with Crippen molar-refractivity contribution in [1.82, 2.24) is 10.2 Å². The number of rotatable bonds is 8. The second-order valence-electron chi connectivity index (χ2n) is 4.90. The number of hydrogen-bond donors (Lipinski definition) is 1. The predicted octanol–water partition coefficient (Wildman–Crippen LogP) is 2.05. The Morgan fingerprint density at radius 2 is 1.90 bits per heavy atom. The molecule has 1 aromatic rings. The molecule has 1 amide bonds. The number of carbonyl (C=O) groups is 1. The third-order valence-corrected chi connectivity index (χ3v) is 3.63. The minimum Gasteiger partial charge on any atom is -0.493 e. The van der Waals surface area contributed by atoms with Crippen molar-refractivity contribution in [3.8, 4) is 11.5 Å². The number of ether oxygens (including phenoxy) is 2. The lowest BCUT2D eigenvalue weighted by Crippen LogP contribution is -2.44. The minimum atomic E-state index is -0.0878. The number of likely N-dealkylation sites (N-methyl/N-ethyl adjacent to an activating group) is 1. The summed E-state index contributed by atoms with van der Waals surface area (Å²) < 4.78 is 10.5. The van der Waals surface area contributed by atoms with Crippen LogP contribution >= 0.6 is 0 Å². The molecule has 1 rings (SSSR count). The standard InChI is InChI=1S/C16H26N2O3/c1-6-13(18(3)7-2)16(19)17-11-12-8-9-14(20-4)15(10-12)21-5/h8-10,13H,6-7,11H2,1-5H3,(H,17,19). The summed E-state index contributed by atoms with van der Waals surface area (Å²) in [7, 11) is 5.17. The molecule has 5 heteroatoms. The number of amides is 1. The van der Waals surface area contributed by atoms with E-state index in [2.05, 4.69) is 5.32 Å². The molecule has 0 spiro atoms. The zero-order valence-electron chi connectivity index (χ0n) is 13.6. The molecule has 118 valence electrons. The van der Waals surface area contributed by atoms with Gasteiger partial charge in [0.05, 0.1) is 20.3 Å². The summed E-state index contributed by atoms with van der Waals surface area (Å²) in [6, 6.07) is 5.56. The number of nitrogens with zero attached hydrogens (tertiary/aromatic N) is 1. The van der Waals surface area contributed by atoms with Crippen LogP contribution in [0.1, 0.15) is 25.8 Å². The Balaban J connectivity index is 2.68. The van der Waals surface area contributed by atoms with Crippen molar-refractivity contribution in [2.75, 3.05) is 27.8 Å². The van der Waals surface area contributed by atoms with Gasteiger partial charge in [0.1, 0.15) is 0 Å². The lowest BCUT2D eigenvalue weighted by molar-refractivity contribution is -0.126. The topological polar surface area (TPSA) is 50.8 Å². The second kappa shape index (κ2) is 8.52. The second-order valence-corrected chi connectivity index (χ2v) is 4.90. The Morgan fingerprint density at radius 1 is 1.24 bits per heavy atom. The third-order valence-electron chi connectivity index (χ3n) is 3.63. The first-order chi connectivity index (χ1) is 10.1. The van der Waals surface area contributed by atoms with Gasteiger partial charge in [0.2, 0.25) is 5.91 Å². The highest BCUT2D eigenvalue weighted by Gasteiger charge is 2.19. The lowest BCUT2D eigenvalue weighted by atomic mass is 10.1. The highest BCUT2D eigenvalue weighted by Crippen LogP contribution is 2.27. The Labute approximate surface area is 127 Å². The molecule has 0 aliphatic rings. The van der Waals surface area contributed by atoms with Gasteiger partial charge in [-0.3, -0.25) is 9.69 Å². The van der Waals surface area contributed by atoms with Crippen LogP contribution in [0.25, 0.3) is 0 Å². The van der Waals surface area contributed by atoms with E-state index in [9.17, 15) is 4.79 Å². The molecule has 0 saturated carbocycles. The van der Waals surface area contributed by atoms with E-state index in [1.807, 2.05) is 44.0 Å². The molecule has 0 radical (unpaired) electrons. The van der Waals surface area contributed by atoms with Crippen LogP contribution in [0.5, 0.6) is 11.5 Å². The van der Waals surface area contributed by atoms with Gasteiger partial charge in [0, 0.05) is 6.54 Å². The van der Waals surface area contributed by atoms with Gasteiger partial charge in [0.15, 0.2) is 11.5 Å². The molecular formula is C16H26N2O3. The van der Waals surface area contributed by atoms with Gasteiger partial charge in [-0.15, -0.1) is 0 Å². The molecule has 1 atom stereocenters. The van der Waals surface area contributed by atoms with Crippen LogP contribution < -0.4 is 14.8 Å². The van der Waals surface area contributed by atoms with E-state index in [4.69, 9.17) is 9.47 Å². The highest BCUT2D eigenvalue weighted by molar-refractivity contribution is 5.81. The van der Waals surface area contributed by atoms with Crippen LogP contribution in [0.4, 0.5) is 0 Å². The summed E-state index contributed by atoms with van der Waals surface area (Å²) in [6.45, 7) is 5.40. The Hall–Kier alpha value is -1.75. The minimum absolute atomic E-state index is 0.0524. The number of methoxy groups -OCH3 is 2. The van der Waals surface area contributed by atoms with E-state index in [1.165, 1.54) is 0 Å². The van der Waals surface area contributed by atoms with Gasteiger partial charge >= 0.3 is 0 Å². The summed E-state index contributed by atoms with van der Waals surface area (Å²) in [5, 5.41) is 2.98. The Morgan fingerprint density at radius 3 is 2.43 bits per heavy atom. The van der Waals surface area contributed by atoms with Crippen LogP contribution in [0.2, 0.25) is 0 Å². The molecule has 21 heavy (non-hydrogen) atoms. The summed E-state index contributed by atoms with van der Waals surface area (Å²) in [5.41, 5.74) is 0.981. The van der Waals surface area contributed by atoms with E-state index in [-0.39, 0.29) is 11.9 Å². The number of carbonyl (C=O) groups excluding carboxylic acids is 1. The van der Waals surface area contributed by atoms with Crippen molar-refractivity contribution >= 4 is 5.91 Å². The predicted molar refractivity (Wildman–Crippen MR) is 83.8 cm³/mol. The van der Waals surface area contributed by atoms with Crippen molar-refractivity contribution in [1.29, 1.82) is 0 Å². The quantitative estimate of drug-likeness (QED) is 0.797. The zero-order valence-corrected chi connectivity index (χ0v) is 13.6. The van der Waals surface area contributed by atoms with Gasteiger partial charge in [-0.25, -0.2) is 0 Å². The van der Waals surface area contributed by atoms with E-state index < -0.39 is 0 Å². The SMILES string of the molecule is CCC(C(=O)NCc1ccc(OC)c(OC)c1)N(C)CC. The van der Waals surface area contributed by atoms with E-state index in [0.29, 0.717) is 18.0 Å². The van der Waals surface area contributed by atoms with E-state index in [0.717, 1.165) is 18.5 Å². The van der Waals surface area contributed by atoms with Crippen molar-refractivity contribution in [3.63, 3.8) is 0 Å². The summed E-state index contributed by atoms with van der Waals surface area (Å²) in [6.07, 6.45) is 0.794. The number of benzene rings is 1. The molecule has 0 aliphatic heterocycles. The van der Waals surface area contributed by atoms with Gasteiger partial charge in [-0.05, 0) is 37.7 Å². The molecule has 0 aromatic heterocycles. The van der Waals surface area contributed by atoms with Crippen LogP contribution in [-0.4, -0.2) is 44.7 Å².